The molecule has 22 heavy (non-hydrogen) atoms. The number of nitrogens with one attached hydrogen (secondary N) is 2. The number of hydrogen-bond donors (Lipinski definition) is 2. The lowest BCUT2D eigenvalue weighted by Crippen LogP contribution is -2.20. The van der Waals surface area contributed by atoms with Crippen molar-refractivity contribution >= 4 is 40.3 Å². The van der Waals surface area contributed by atoms with Gasteiger partial charge in [0.15, 0.2) is 10.9 Å². The van der Waals surface area contributed by atoms with E-state index in [0.717, 1.165) is 0 Å². The first-order chi connectivity index (χ1) is 10.5. The molecule has 0 saturated carbocycles. The molecule has 0 aromatic heterocycles. The molecular formula is C15H14ClFN2O2S. The molecule has 0 aliphatic rings. The first-order valence-corrected chi connectivity index (χ1v) is 7.08. The summed E-state index contributed by atoms with van der Waals surface area (Å²) in [4.78, 5) is 0. The van der Waals surface area contributed by atoms with Crippen LogP contribution in [0.1, 0.15) is 0 Å². The monoisotopic (exact) mass is 340 g/mol. The summed E-state index contributed by atoms with van der Waals surface area (Å²) >= 11 is 10.9. The molecule has 2 aromatic rings. The average molecular weight is 341 g/mol. The molecule has 116 valence electrons. The second-order valence-corrected chi connectivity index (χ2v) is 5.06. The van der Waals surface area contributed by atoms with E-state index in [1.807, 2.05) is 0 Å². The van der Waals surface area contributed by atoms with Crippen molar-refractivity contribution in [2.45, 2.75) is 0 Å². The van der Waals surface area contributed by atoms with Crippen LogP contribution < -0.4 is 20.1 Å². The zero-order valence-electron chi connectivity index (χ0n) is 11.9. The van der Waals surface area contributed by atoms with E-state index < -0.39 is 5.82 Å². The highest BCUT2D eigenvalue weighted by Gasteiger charge is 2.10. The van der Waals surface area contributed by atoms with Gasteiger partial charge < -0.3 is 20.1 Å². The summed E-state index contributed by atoms with van der Waals surface area (Å²) in [7, 11) is 3.10. The molecule has 2 rings (SSSR count). The van der Waals surface area contributed by atoms with Gasteiger partial charge in [0.2, 0.25) is 0 Å². The van der Waals surface area contributed by atoms with Crippen LogP contribution in [0.2, 0.25) is 5.02 Å². The Morgan fingerprint density at radius 3 is 2.50 bits per heavy atom. The summed E-state index contributed by atoms with van der Waals surface area (Å²) in [6.45, 7) is 0. The van der Waals surface area contributed by atoms with E-state index in [1.165, 1.54) is 12.1 Å². The lowest BCUT2D eigenvalue weighted by molar-refractivity contribution is 0.405. The van der Waals surface area contributed by atoms with Gasteiger partial charge in [-0.15, -0.1) is 0 Å². The minimum absolute atomic E-state index is 0.0201. The zero-order chi connectivity index (χ0) is 16.1. The van der Waals surface area contributed by atoms with E-state index in [1.54, 1.807) is 38.5 Å². The summed E-state index contributed by atoms with van der Waals surface area (Å²) in [5.41, 5.74) is 0.786. The fourth-order valence-corrected chi connectivity index (χ4v) is 2.18. The molecule has 0 fully saturated rings. The first-order valence-electron chi connectivity index (χ1n) is 6.29. The Balaban J connectivity index is 2.16. The maximum atomic E-state index is 13.8. The first kappa shape index (κ1) is 16.3. The minimum atomic E-state index is -0.564. The zero-order valence-corrected chi connectivity index (χ0v) is 13.5. The van der Waals surface area contributed by atoms with Gasteiger partial charge in [-0.25, -0.2) is 4.39 Å². The SMILES string of the molecule is COc1ccc(OC)c(NC(=S)Nc2cccc(Cl)c2F)c1. The fraction of sp³-hybridized carbons (Fsp3) is 0.133. The third-order valence-corrected chi connectivity index (χ3v) is 3.35. The van der Waals surface area contributed by atoms with Crippen molar-refractivity contribution < 1.29 is 13.9 Å². The van der Waals surface area contributed by atoms with E-state index in [0.29, 0.717) is 17.2 Å². The molecule has 7 heteroatoms. The minimum Gasteiger partial charge on any atom is -0.497 e. The molecule has 2 N–H and O–H groups in total. The standard InChI is InChI=1S/C15H14ClFN2O2S/c1-20-9-6-7-13(21-2)12(8-9)19-15(22)18-11-5-3-4-10(16)14(11)17/h3-8H,1-2H3,(H2,18,19,22). The Morgan fingerprint density at radius 2 is 1.82 bits per heavy atom. The highest BCUT2D eigenvalue weighted by Crippen LogP contribution is 2.29. The number of hydrogen-bond acceptors (Lipinski definition) is 3. The van der Waals surface area contributed by atoms with Crippen molar-refractivity contribution in [1.82, 2.24) is 0 Å². The number of benzene rings is 2. The van der Waals surface area contributed by atoms with Crippen LogP contribution in [0.25, 0.3) is 0 Å². The molecule has 0 bridgehead atoms. The molecule has 0 saturated heterocycles. The van der Waals surface area contributed by atoms with Crippen LogP contribution in [-0.4, -0.2) is 19.3 Å². The van der Waals surface area contributed by atoms with Gasteiger partial charge in [-0.2, -0.15) is 0 Å². The highest BCUT2D eigenvalue weighted by molar-refractivity contribution is 7.80. The van der Waals surface area contributed by atoms with Gasteiger partial charge in [0.1, 0.15) is 11.5 Å². The predicted octanol–water partition coefficient (Wildman–Crippen LogP) is 4.31. The molecule has 0 heterocycles. The van der Waals surface area contributed by atoms with Crippen molar-refractivity contribution in [3.8, 4) is 11.5 Å². The fourth-order valence-electron chi connectivity index (χ4n) is 1.79. The highest BCUT2D eigenvalue weighted by atomic mass is 35.5. The van der Waals surface area contributed by atoms with Crippen molar-refractivity contribution in [3.63, 3.8) is 0 Å². The maximum Gasteiger partial charge on any atom is 0.175 e. The molecule has 4 nitrogen and oxygen atoms in total. The summed E-state index contributed by atoms with van der Waals surface area (Å²) in [6, 6.07) is 9.85. The number of thiocarbonyl (C=S) groups is 1. The quantitative estimate of drug-likeness (QED) is 0.812. The van der Waals surface area contributed by atoms with Crippen LogP contribution in [0.4, 0.5) is 15.8 Å². The maximum absolute atomic E-state index is 13.8. The van der Waals surface area contributed by atoms with E-state index in [-0.39, 0.29) is 15.8 Å². The van der Waals surface area contributed by atoms with Crippen molar-refractivity contribution in [3.05, 3.63) is 47.2 Å². The van der Waals surface area contributed by atoms with E-state index in [4.69, 9.17) is 33.3 Å². The van der Waals surface area contributed by atoms with Gasteiger partial charge in [0, 0.05) is 6.07 Å². The summed E-state index contributed by atoms with van der Waals surface area (Å²) in [6.07, 6.45) is 0. The Hall–Kier alpha value is -2.05. The molecule has 0 unspecified atom stereocenters. The van der Waals surface area contributed by atoms with Crippen LogP contribution >= 0.6 is 23.8 Å². The van der Waals surface area contributed by atoms with E-state index >= 15 is 0 Å². The number of halogens is 2. The second-order valence-electron chi connectivity index (χ2n) is 4.25. The number of ether oxygens (including phenoxy) is 2. The summed E-state index contributed by atoms with van der Waals surface area (Å²) in [5.74, 6) is 0.655. The number of methoxy groups -OCH3 is 2. The molecule has 0 aliphatic heterocycles. The van der Waals surface area contributed by atoms with Gasteiger partial charge >= 0.3 is 0 Å². The summed E-state index contributed by atoms with van der Waals surface area (Å²) in [5, 5.41) is 5.91. The molecular weight excluding hydrogens is 327 g/mol. The molecule has 2 aromatic carbocycles. The summed E-state index contributed by atoms with van der Waals surface area (Å²) < 4.78 is 24.2. The Kier molecular flexibility index (Phi) is 5.41. The van der Waals surface area contributed by atoms with Crippen LogP contribution in [0.15, 0.2) is 36.4 Å². The van der Waals surface area contributed by atoms with Gasteiger partial charge in [0.25, 0.3) is 0 Å². The van der Waals surface area contributed by atoms with Crippen LogP contribution in [-0.2, 0) is 0 Å². The van der Waals surface area contributed by atoms with Crippen molar-refractivity contribution in [2.24, 2.45) is 0 Å². The molecule has 0 atom stereocenters. The van der Waals surface area contributed by atoms with Crippen LogP contribution in [0, 0.1) is 5.82 Å². The Labute approximate surface area is 138 Å². The van der Waals surface area contributed by atoms with Gasteiger partial charge in [0.05, 0.1) is 30.6 Å². The average Bonchev–Trinajstić information content (AvgIpc) is 2.51. The van der Waals surface area contributed by atoms with Gasteiger partial charge in [-0.05, 0) is 36.5 Å². The Morgan fingerprint density at radius 1 is 1.09 bits per heavy atom. The van der Waals surface area contributed by atoms with Crippen molar-refractivity contribution in [2.75, 3.05) is 24.9 Å². The third kappa shape index (κ3) is 3.78. The largest absolute Gasteiger partial charge is 0.497 e. The molecule has 0 spiro atoms. The lowest BCUT2D eigenvalue weighted by atomic mass is 10.2. The number of rotatable bonds is 4. The van der Waals surface area contributed by atoms with E-state index in [9.17, 15) is 4.39 Å². The van der Waals surface area contributed by atoms with Crippen LogP contribution in [0.5, 0.6) is 11.5 Å². The van der Waals surface area contributed by atoms with Crippen molar-refractivity contribution in [1.29, 1.82) is 0 Å². The molecule has 0 amide bonds. The van der Waals surface area contributed by atoms with Gasteiger partial charge in [-0.1, -0.05) is 17.7 Å². The number of anilines is 2. The normalized spacial score (nSPS) is 10.0. The smallest absolute Gasteiger partial charge is 0.175 e. The topological polar surface area (TPSA) is 42.5 Å². The third-order valence-electron chi connectivity index (χ3n) is 2.85. The van der Waals surface area contributed by atoms with E-state index in [2.05, 4.69) is 10.6 Å². The molecule has 0 radical (unpaired) electrons. The Bertz CT molecular complexity index is 697. The van der Waals surface area contributed by atoms with Gasteiger partial charge in [-0.3, -0.25) is 0 Å². The van der Waals surface area contributed by atoms with Crippen LogP contribution in [0.3, 0.4) is 0 Å². The molecule has 0 aliphatic carbocycles. The lowest BCUT2D eigenvalue weighted by Gasteiger charge is -2.15. The predicted molar refractivity (Wildman–Crippen MR) is 90.8 cm³/mol. The second kappa shape index (κ2) is 7.29.